The third-order valence-electron chi connectivity index (χ3n) is 1.78. The highest BCUT2D eigenvalue weighted by molar-refractivity contribution is 9.10. The Morgan fingerprint density at radius 1 is 1.31 bits per heavy atom. The van der Waals surface area contributed by atoms with Crippen molar-refractivity contribution in [1.29, 1.82) is 0 Å². The first-order chi connectivity index (χ1) is 6.11. The van der Waals surface area contributed by atoms with E-state index in [4.69, 9.17) is 0 Å². The molecule has 3 heteroatoms. The standard InChI is InChI=1S/C10H13BrN2/c1-8(13(2)3)12-10-7-5-4-6-9(10)11/h4-7H,1-3H3. The predicted octanol–water partition coefficient (Wildman–Crippen LogP) is 3.06. The Bertz CT molecular complexity index is 318. The van der Waals surface area contributed by atoms with Gasteiger partial charge in [-0.3, -0.25) is 0 Å². The number of hydrogen-bond donors (Lipinski definition) is 0. The minimum atomic E-state index is 0.966. The van der Waals surface area contributed by atoms with E-state index in [0.29, 0.717) is 0 Å². The van der Waals surface area contributed by atoms with Gasteiger partial charge in [0.15, 0.2) is 0 Å². The number of hydrogen-bond acceptors (Lipinski definition) is 1. The van der Waals surface area contributed by atoms with E-state index in [9.17, 15) is 0 Å². The molecule has 0 bridgehead atoms. The van der Waals surface area contributed by atoms with E-state index in [1.54, 1.807) is 0 Å². The average molecular weight is 241 g/mol. The van der Waals surface area contributed by atoms with E-state index in [0.717, 1.165) is 16.0 Å². The van der Waals surface area contributed by atoms with E-state index in [1.165, 1.54) is 0 Å². The fourth-order valence-electron chi connectivity index (χ4n) is 0.817. The third kappa shape index (κ3) is 2.84. The van der Waals surface area contributed by atoms with Gasteiger partial charge < -0.3 is 4.90 Å². The van der Waals surface area contributed by atoms with E-state index in [1.807, 2.05) is 50.2 Å². The van der Waals surface area contributed by atoms with Crippen LogP contribution in [-0.4, -0.2) is 24.8 Å². The van der Waals surface area contributed by atoms with Gasteiger partial charge in [0.2, 0.25) is 0 Å². The molecule has 13 heavy (non-hydrogen) atoms. The second kappa shape index (κ2) is 4.42. The maximum Gasteiger partial charge on any atom is 0.101 e. The van der Waals surface area contributed by atoms with Crippen molar-refractivity contribution in [2.24, 2.45) is 4.99 Å². The average Bonchev–Trinajstić information content (AvgIpc) is 2.08. The Labute approximate surface area is 87.4 Å². The molecule has 0 amide bonds. The van der Waals surface area contributed by atoms with Crippen LogP contribution in [0, 0.1) is 0 Å². The van der Waals surface area contributed by atoms with Crippen molar-refractivity contribution in [3.8, 4) is 0 Å². The summed E-state index contributed by atoms with van der Waals surface area (Å²) < 4.78 is 1.02. The van der Waals surface area contributed by atoms with E-state index < -0.39 is 0 Å². The Morgan fingerprint density at radius 3 is 2.46 bits per heavy atom. The lowest BCUT2D eigenvalue weighted by atomic mass is 10.3. The first-order valence-corrected chi connectivity index (χ1v) is 4.87. The van der Waals surface area contributed by atoms with Crippen LogP contribution >= 0.6 is 15.9 Å². The number of amidine groups is 1. The molecule has 0 atom stereocenters. The van der Waals surface area contributed by atoms with Crippen LogP contribution in [0.5, 0.6) is 0 Å². The van der Waals surface area contributed by atoms with Gasteiger partial charge in [0.25, 0.3) is 0 Å². The van der Waals surface area contributed by atoms with E-state index >= 15 is 0 Å². The van der Waals surface area contributed by atoms with Crippen molar-refractivity contribution in [2.75, 3.05) is 14.1 Å². The third-order valence-corrected chi connectivity index (χ3v) is 2.45. The highest BCUT2D eigenvalue weighted by Gasteiger charge is 1.97. The van der Waals surface area contributed by atoms with Gasteiger partial charge in [-0.05, 0) is 35.0 Å². The summed E-state index contributed by atoms with van der Waals surface area (Å²) in [4.78, 5) is 6.44. The molecule has 2 nitrogen and oxygen atoms in total. The van der Waals surface area contributed by atoms with Gasteiger partial charge in [-0.15, -0.1) is 0 Å². The summed E-state index contributed by atoms with van der Waals surface area (Å²) >= 11 is 3.45. The lowest BCUT2D eigenvalue weighted by Crippen LogP contribution is -2.17. The molecule has 0 radical (unpaired) electrons. The van der Waals surface area contributed by atoms with Crippen LogP contribution in [-0.2, 0) is 0 Å². The molecule has 0 fully saturated rings. The van der Waals surface area contributed by atoms with Crippen LogP contribution in [0.3, 0.4) is 0 Å². The lowest BCUT2D eigenvalue weighted by molar-refractivity contribution is 0.619. The molecule has 1 aromatic carbocycles. The molecule has 0 saturated carbocycles. The van der Waals surface area contributed by atoms with Gasteiger partial charge >= 0.3 is 0 Å². The monoisotopic (exact) mass is 240 g/mol. The Hall–Kier alpha value is -0.830. The molecule has 70 valence electrons. The number of benzene rings is 1. The molecule has 0 aliphatic carbocycles. The SMILES string of the molecule is CC(=Nc1ccccc1Br)N(C)C. The van der Waals surface area contributed by atoms with Crippen LogP contribution in [0.4, 0.5) is 5.69 Å². The van der Waals surface area contributed by atoms with Crippen molar-refractivity contribution >= 4 is 27.5 Å². The van der Waals surface area contributed by atoms with Gasteiger partial charge in [-0.25, -0.2) is 4.99 Å². The fourth-order valence-corrected chi connectivity index (χ4v) is 1.19. The lowest BCUT2D eigenvalue weighted by Gasteiger charge is -2.11. The van der Waals surface area contributed by atoms with Crippen LogP contribution in [0.1, 0.15) is 6.92 Å². The van der Waals surface area contributed by atoms with Crippen LogP contribution in [0.2, 0.25) is 0 Å². The van der Waals surface area contributed by atoms with Crippen molar-refractivity contribution in [2.45, 2.75) is 6.92 Å². The molecule has 0 unspecified atom stereocenters. The number of aliphatic imine (C=N–C) groups is 1. The quantitative estimate of drug-likeness (QED) is 0.545. The summed E-state index contributed by atoms with van der Waals surface area (Å²) in [5.74, 6) is 0.993. The second-order valence-electron chi connectivity index (χ2n) is 3.00. The van der Waals surface area contributed by atoms with Gasteiger partial charge in [0, 0.05) is 18.6 Å². The normalized spacial score (nSPS) is 11.5. The highest BCUT2D eigenvalue weighted by Crippen LogP contribution is 2.24. The van der Waals surface area contributed by atoms with Crippen LogP contribution in [0.25, 0.3) is 0 Å². The van der Waals surface area contributed by atoms with E-state index in [2.05, 4.69) is 20.9 Å². The summed E-state index contributed by atoms with van der Waals surface area (Å²) in [6, 6.07) is 7.93. The first kappa shape index (κ1) is 10.3. The summed E-state index contributed by atoms with van der Waals surface area (Å²) in [7, 11) is 3.96. The smallest absolute Gasteiger partial charge is 0.101 e. The van der Waals surface area contributed by atoms with Gasteiger partial charge in [-0.2, -0.15) is 0 Å². The molecule has 0 aliphatic heterocycles. The Morgan fingerprint density at radius 2 is 1.92 bits per heavy atom. The van der Waals surface area contributed by atoms with Gasteiger partial charge in [-0.1, -0.05) is 12.1 Å². The number of para-hydroxylation sites is 1. The molecule has 0 spiro atoms. The number of halogens is 1. The zero-order chi connectivity index (χ0) is 9.84. The number of nitrogens with zero attached hydrogens (tertiary/aromatic N) is 2. The van der Waals surface area contributed by atoms with Gasteiger partial charge in [0.1, 0.15) is 5.84 Å². The summed E-state index contributed by atoms with van der Waals surface area (Å²) in [6.07, 6.45) is 0. The highest BCUT2D eigenvalue weighted by atomic mass is 79.9. The maximum absolute atomic E-state index is 4.45. The molecule has 0 aromatic heterocycles. The minimum absolute atomic E-state index is 0.966. The molecule has 1 aromatic rings. The molecule has 0 saturated heterocycles. The van der Waals surface area contributed by atoms with Crippen molar-refractivity contribution in [3.05, 3.63) is 28.7 Å². The van der Waals surface area contributed by atoms with Crippen molar-refractivity contribution < 1.29 is 0 Å². The predicted molar refractivity (Wildman–Crippen MR) is 60.6 cm³/mol. The first-order valence-electron chi connectivity index (χ1n) is 4.08. The zero-order valence-corrected chi connectivity index (χ0v) is 9.67. The van der Waals surface area contributed by atoms with Crippen LogP contribution < -0.4 is 0 Å². The summed E-state index contributed by atoms with van der Waals surface area (Å²) in [5.41, 5.74) is 0.966. The molecular weight excluding hydrogens is 228 g/mol. The maximum atomic E-state index is 4.45. The summed E-state index contributed by atoms with van der Waals surface area (Å²) in [6.45, 7) is 1.99. The second-order valence-corrected chi connectivity index (χ2v) is 3.86. The van der Waals surface area contributed by atoms with Crippen molar-refractivity contribution in [1.82, 2.24) is 4.90 Å². The molecule has 1 rings (SSSR count). The van der Waals surface area contributed by atoms with E-state index in [-0.39, 0.29) is 0 Å². The Balaban J connectivity index is 2.97. The largest absolute Gasteiger partial charge is 0.366 e. The fraction of sp³-hybridized carbons (Fsp3) is 0.300. The zero-order valence-electron chi connectivity index (χ0n) is 8.08. The minimum Gasteiger partial charge on any atom is -0.366 e. The molecule has 0 aliphatic rings. The number of rotatable bonds is 1. The summed E-state index contributed by atoms with van der Waals surface area (Å²) in [5, 5.41) is 0. The topological polar surface area (TPSA) is 15.6 Å². The Kier molecular flexibility index (Phi) is 3.48. The molecule has 0 heterocycles. The molecular formula is C10H13BrN2. The molecule has 0 N–H and O–H groups in total. The van der Waals surface area contributed by atoms with Gasteiger partial charge in [0.05, 0.1) is 5.69 Å². The van der Waals surface area contributed by atoms with Crippen molar-refractivity contribution in [3.63, 3.8) is 0 Å². The van der Waals surface area contributed by atoms with Crippen LogP contribution in [0.15, 0.2) is 33.7 Å².